The van der Waals surface area contributed by atoms with Gasteiger partial charge in [0.15, 0.2) is 0 Å². The van der Waals surface area contributed by atoms with Crippen molar-refractivity contribution in [1.29, 1.82) is 0 Å². The first-order valence-corrected chi connectivity index (χ1v) is 15.9. The van der Waals surface area contributed by atoms with Gasteiger partial charge in [0, 0.05) is 24.8 Å². The van der Waals surface area contributed by atoms with Crippen LogP contribution in [0, 0.1) is 23.7 Å². The molecule has 4 aliphatic rings. The molecule has 3 aliphatic heterocycles. The van der Waals surface area contributed by atoms with Gasteiger partial charge < -0.3 is 29.9 Å². The van der Waals surface area contributed by atoms with Crippen LogP contribution in [0.15, 0.2) is 36.4 Å². The van der Waals surface area contributed by atoms with Crippen molar-refractivity contribution in [3.05, 3.63) is 36.4 Å². The molecule has 1 aromatic carbocycles. The average molecular weight is 581 g/mol. The lowest BCUT2D eigenvalue weighted by Crippen LogP contribution is -2.58. The molecule has 9 heteroatoms. The number of likely N-dealkylation sites (tertiary alicyclic amines) is 1. The number of methoxy groups -OCH3 is 1. The van der Waals surface area contributed by atoms with Gasteiger partial charge in [-0.1, -0.05) is 52.7 Å². The number of nitrogens with one attached hydrogen (secondary N) is 2. The molecular weight excluding hydrogens is 532 g/mol. The van der Waals surface area contributed by atoms with E-state index in [2.05, 4.69) is 43.2 Å². The fourth-order valence-corrected chi connectivity index (χ4v) is 7.67. The van der Waals surface area contributed by atoms with E-state index in [1.54, 1.807) is 36.3 Å². The Morgan fingerprint density at radius 2 is 1.79 bits per heavy atom. The van der Waals surface area contributed by atoms with Crippen LogP contribution < -0.4 is 15.4 Å². The first-order valence-electron chi connectivity index (χ1n) is 15.9. The van der Waals surface area contributed by atoms with Crippen LogP contribution in [0.5, 0.6) is 5.75 Å². The summed E-state index contributed by atoms with van der Waals surface area (Å²) in [4.78, 5) is 46.3. The van der Waals surface area contributed by atoms with Crippen molar-refractivity contribution in [1.82, 2.24) is 15.1 Å². The number of hydrogen-bond donors (Lipinski definition) is 2. The molecule has 0 aromatic heterocycles. The lowest BCUT2D eigenvalue weighted by atomic mass is 9.73. The zero-order valence-electron chi connectivity index (χ0n) is 25.8. The molecule has 1 aromatic rings. The van der Waals surface area contributed by atoms with Crippen LogP contribution in [0.1, 0.15) is 59.8 Å². The van der Waals surface area contributed by atoms with Gasteiger partial charge in [-0.3, -0.25) is 14.4 Å². The summed E-state index contributed by atoms with van der Waals surface area (Å²) in [5, 5.41) is 6.32. The first-order chi connectivity index (χ1) is 20.2. The van der Waals surface area contributed by atoms with Crippen LogP contribution in [0.4, 0.5) is 5.69 Å². The van der Waals surface area contributed by atoms with Gasteiger partial charge in [-0.15, -0.1) is 0 Å². The smallest absolute Gasteiger partial charge is 0.246 e. The molecule has 0 radical (unpaired) electrons. The molecule has 3 fully saturated rings. The third-order valence-corrected chi connectivity index (χ3v) is 10.1. The highest BCUT2D eigenvalue weighted by Gasteiger charge is 2.72. The van der Waals surface area contributed by atoms with Crippen molar-refractivity contribution in [2.24, 2.45) is 23.7 Å². The summed E-state index contributed by atoms with van der Waals surface area (Å²) in [6.45, 7) is 11.7. The van der Waals surface area contributed by atoms with Gasteiger partial charge in [-0.25, -0.2) is 0 Å². The Labute approximate surface area is 250 Å². The molecule has 230 valence electrons. The van der Waals surface area contributed by atoms with Crippen molar-refractivity contribution in [2.45, 2.75) is 83.6 Å². The molecule has 1 saturated carbocycles. The number of benzene rings is 1. The quantitative estimate of drug-likeness (QED) is 0.365. The number of hydrogen-bond acceptors (Lipinski definition) is 6. The lowest BCUT2D eigenvalue weighted by molar-refractivity contribution is -0.141. The van der Waals surface area contributed by atoms with E-state index in [4.69, 9.17) is 9.47 Å². The minimum Gasteiger partial charge on any atom is -0.497 e. The second kappa shape index (κ2) is 12.8. The standard InChI is InChI=1S/C33H48N4O5/c1-6-17-36(18-7-2)19-20-37-29(31(39)35-25-10-8-9-21(3)22(25)4)33-16-15-26(42-33)27(28(33)32(37)40)30(38)34-23-11-13-24(41-5)14-12-23/h11-16,21-22,25-29H,6-10,17-20H2,1-5H3,(H,34,38)(H,35,39)/t21-,22+,25+,26-,27+,28-,29-,33-/m0/s1. The van der Waals surface area contributed by atoms with E-state index in [0.29, 0.717) is 36.4 Å². The molecule has 5 rings (SSSR count). The van der Waals surface area contributed by atoms with E-state index in [1.807, 2.05) is 12.2 Å². The normalized spacial score (nSPS) is 33.2. The number of fused-ring (bicyclic) bond motifs is 1. The van der Waals surface area contributed by atoms with E-state index in [-0.39, 0.29) is 23.8 Å². The Morgan fingerprint density at radius 1 is 1.07 bits per heavy atom. The van der Waals surface area contributed by atoms with Gasteiger partial charge in [0.2, 0.25) is 17.7 Å². The van der Waals surface area contributed by atoms with E-state index >= 15 is 0 Å². The van der Waals surface area contributed by atoms with E-state index in [0.717, 1.165) is 45.2 Å². The topological polar surface area (TPSA) is 100 Å². The van der Waals surface area contributed by atoms with Crippen LogP contribution in [0.3, 0.4) is 0 Å². The minimum atomic E-state index is -1.16. The lowest BCUT2D eigenvalue weighted by Gasteiger charge is -2.38. The van der Waals surface area contributed by atoms with Crippen LogP contribution in [-0.4, -0.2) is 84.6 Å². The molecule has 9 nitrogen and oxygen atoms in total. The van der Waals surface area contributed by atoms with Gasteiger partial charge in [0.1, 0.15) is 17.4 Å². The van der Waals surface area contributed by atoms with Crippen molar-refractivity contribution in [3.63, 3.8) is 0 Å². The zero-order chi connectivity index (χ0) is 30.0. The zero-order valence-corrected chi connectivity index (χ0v) is 25.8. The maximum Gasteiger partial charge on any atom is 0.246 e. The largest absolute Gasteiger partial charge is 0.497 e. The van der Waals surface area contributed by atoms with Crippen LogP contribution >= 0.6 is 0 Å². The second-order valence-electron chi connectivity index (χ2n) is 12.7. The van der Waals surface area contributed by atoms with E-state index < -0.39 is 29.6 Å². The fourth-order valence-electron chi connectivity index (χ4n) is 7.67. The molecule has 42 heavy (non-hydrogen) atoms. The van der Waals surface area contributed by atoms with Gasteiger partial charge in [-0.2, -0.15) is 0 Å². The Hall–Kier alpha value is -2.91. The van der Waals surface area contributed by atoms with Gasteiger partial charge >= 0.3 is 0 Å². The number of carbonyl (C=O) groups excluding carboxylic acids is 3. The van der Waals surface area contributed by atoms with Crippen molar-refractivity contribution in [2.75, 3.05) is 38.6 Å². The molecule has 2 saturated heterocycles. The predicted molar refractivity (Wildman–Crippen MR) is 162 cm³/mol. The Morgan fingerprint density at radius 3 is 2.45 bits per heavy atom. The van der Waals surface area contributed by atoms with Gasteiger partial charge in [-0.05, 0) is 68.5 Å². The SMILES string of the molecule is CCCN(CCC)CCN1C(=O)[C@@H]2[C@H](C(=O)Nc3ccc(OC)cc3)[C@@H]3C=C[C@@]2(O3)[C@@H]1C(=O)N[C@@H]1CCC[C@H](C)[C@H]1C. The molecule has 1 aliphatic carbocycles. The van der Waals surface area contributed by atoms with Crippen molar-refractivity contribution >= 4 is 23.4 Å². The number of rotatable bonds is 12. The summed E-state index contributed by atoms with van der Waals surface area (Å²) in [6.07, 6.45) is 8.42. The van der Waals surface area contributed by atoms with E-state index in [9.17, 15) is 14.4 Å². The molecule has 0 unspecified atom stereocenters. The highest BCUT2D eigenvalue weighted by molar-refractivity contribution is 6.02. The average Bonchev–Trinajstić information content (AvgIpc) is 3.62. The minimum absolute atomic E-state index is 0.0575. The predicted octanol–water partition coefficient (Wildman–Crippen LogP) is 3.85. The summed E-state index contributed by atoms with van der Waals surface area (Å²) >= 11 is 0. The third-order valence-electron chi connectivity index (χ3n) is 10.1. The highest BCUT2D eigenvalue weighted by Crippen LogP contribution is 2.55. The van der Waals surface area contributed by atoms with Crippen LogP contribution in [-0.2, 0) is 19.1 Å². The number of ether oxygens (including phenoxy) is 2. The summed E-state index contributed by atoms with van der Waals surface area (Å²) in [5.74, 6) is -0.524. The molecule has 3 heterocycles. The maximum atomic E-state index is 14.3. The summed E-state index contributed by atoms with van der Waals surface area (Å²) in [6, 6.07) is 6.35. The Balaban J connectivity index is 1.42. The van der Waals surface area contributed by atoms with Crippen molar-refractivity contribution < 1.29 is 23.9 Å². The summed E-state index contributed by atoms with van der Waals surface area (Å²) in [7, 11) is 1.59. The Bertz CT molecular complexity index is 1170. The fraction of sp³-hybridized carbons (Fsp3) is 0.667. The Kier molecular flexibility index (Phi) is 9.28. The van der Waals surface area contributed by atoms with Gasteiger partial charge in [0.25, 0.3) is 0 Å². The number of anilines is 1. The number of amides is 3. The van der Waals surface area contributed by atoms with Crippen molar-refractivity contribution in [3.8, 4) is 5.75 Å². The molecule has 2 N–H and O–H groups in total. The molecule has 3 amide bonds. The monoisotopic (exact) mass is 580 g/mol. The molecule has 8 atom stereocenters. The van der Waals surface area contributed by atoms with Crippen LogP contribution in [0.2, 0.25) is 0 Å². The highest BCUT2D eigenvalue weighted by atomic mass is 16.5. The molecule has 1 spiro atoms. The van der Waals surface area contributed by atoms with E-state index in [1.165, 1.54) is 0 Å². The molecule has 2 bridgehead atoms. The maximum absolute atomic E-state index is 14.3. The molecular formula is C33H48N4O5. The third kappa shape index (κ3) is 5.57. The first kappa shape index (κ1) is 30.5. The van der Waals surface area contributed by atoms with Crippen LogP contribution in [0.25, 0.3) is 0 Å². The summed E-state index contributed by atoms with van der Waals surface area (Å²) in [5.41, 5.74) is -0.536. The number of nitrogens with zero attached hydrogens (tertiary/aromatic N) is 2. The number of carbonyl (C=O) groups is 3. The van der Waals surface area contributed by atoms with Gasteiger partial charge in [0.05, 0.1) is 25.0 Å². The second-order valence-corrected chi connectivity index (χ2v) is 12.7. The summed E-state index contributed by atoms with van der Waals surface area (Å²) < 4.78 is 11.8.